The molecule has 4 heterocycles. The Bertz CT molecular complexity index is 1530. The molecule has 0 saturated carbocycles. The van der Waals surface area contributed by atoms with Gasteiger partial charge in [-0.2, -0.15) is 5.10 Å². The van der Waals surface area contributed by atoms with Gasteiger partial charge in [0.05, 0.1) is 30.9 Å². The SMILES string of the molecule is COc1ccc(CN(c2ccccn2)c2cc(Cl)nn3c(C(=O)Nc4ccncc4F)cnc23)cc1. The number of hydrogen-bond donors (Lipinski definition) is 1. The van der Waals surface area contributed by atoms with Gasteiger partial charge in [0.15, 0.2) is 22.3 Å². The highest BCUT2D eigenvalue weighted by atomic mass is 35.5. The third-order valence-corrected chi connectivity index (χ3v) is 5.57. The van der Waals surface area contributed by atoms with E-state index in [1.807, 2.05) is 47.4 Å². The number of nitrogens with zero attached hydrogens (tertiary/aromatic N) is 6. The second-order valence-electron chi connectivity index (χ2n) is 7.66. The maximum atomic E-state index is 14.0. The van der Waals surface area contributed by atoms with Crippen molar-refractivity contribution < 1.29 is 13.9 Å². The number of anilines is 3. The maximum absolute atomic E-state index is 14.0. The normalized spacial score (nSPS) is 10.9. The molecule has 0 unspecified atom stereocenters. The number of nitrogens with one attached hydrogen (secondary N) is 1. The van der Waals surface area contributed by atoms with Crippen LogP contribution >= 0.6 is 11.6 Å². The van der Waals surface area contributed by atoms with E-state index in [1.54, 1.807) is 19.4 Å². The van der Waals surface area contributed by atoms with Crippen LogP contribution in [0.5, 0.6) is 5.75 Å². The number of rotatable bonds is 7. The lowest BCUT2D eigenvalue weighted by Gasteiger charge is -2.24. The van der Waals surface area contributed by atoms with Crippen molar-refractivity contribution >= 4 is 40.3 Å². The van der Waals surface area contributed by atoms with Crippen LogP contribution < -0.4 is 15.0 Å². The van der Waals surface area contributed by atoms with Crippen LogP contribution in [0.2, 0.25) is 5.15 Å². The van der Waals surface area contributed by atoms with E-state index in [1.165, 1.54) is 23.0 Å². The number of carbonyl (C=O) groups is 1. The standard InChI is InChI=1S/C25H19ClFN7O2/c1-36-17-7-5-16(6-8-17)15-33(23-4-2-3-10-29-23)20-12-22(26)32-34-21(14-30-24(20)34)25(35)31-19-9-11-28-13-18(19)27/h2-14H,15H2,1H3,(H,28,31,35). The van der Waals surface area contributed by atoms with Crippen LogP contribution in [0.3, 0.4) is 0 Å². The second kappa shape index (κ2) is 9.96. The van der Waals surface area contributed by atoms with Crippen molar-refractivity contribution in [2.45, 2.75) is 6.54 Å². The third kappa shape index (κ3) is 4.66. The van der Waals surface area contributed by atoms with Gasteiger partial charge in [-0.3, -0.25) is 9.78 Å². The van der Waals surface area contributed by atoms with Crippen molar-refractivity contribution in [2.75, 3.05) is 17.3 Å². The van der Waals surface area contributed by atoms with Gasteiger partial charge < -0.3 is 15.0 Å². The summed E-state index contributed by atoms with van der Waals surface area (Å²) in [6.45, 7) is 0.424. The molecule has 5 rings (SSSR count). The number of methoxy groups -OCH3 is 1. The van der Waals surface area contributed by atoms with Gasteiger partial charge in [-0.05, 0) is 35.9 Å². The Labute approximate surface area is 210 Å². The van der Waals surface area contributed by atoms with E-state index in [0.717, 1.165) is 17.5 Å². The average molecular weight is 504 g/mol. The van der Waals surface area contributed by atoms with E-state index in [2.05, 4.69) is 25.4 Å². The molecule has 9 nitrogen and oxygen atoms in total. The van der Waals surface area contributed by atoms with Gasteiger partial charge >= 0.3 is 0 Å². The lowest BCUT2D eigenvalue weighted by atomic mass is 10.2. The van der Waals surface area contributed by atoms with Crippen molar-refractivity contribution in [1.82, 2.24) is 24.6 Å². The van der Waals surface area contributed by atoms with Crippen LogP contribution in [-0.2, 0) is 6.54 Å². The molecule has 0 bridgehead atoms. The molecule has 0 atom stereocenters. The molecule has 1 aromatic carbocycles. The fourth-order valence-electron chi connectivity index (χ4n) is 3.66. The van der Waals surface area contributed by atoms with Crippen LogP contribution in [0.15, 0.2) is 79.4 Å². The van der Waals surface area contributed by atoms with E-state index in [9.17, 15) is 9.18 Å². The van der Waals surface area contributed by atoms with Crippen molar-refractivity contribution in [3.8, 4) is 5.75 Å². The number of hydrogen-bond acceptors (Lipinski definition) is 7. The Morgan fingerprint density at radius 2 is 1.94 bits per heavy atom. The highest BCUT2D eigenvalue weighted by Crippen LogP contribution is 2.31. The highest BCUT2D eigenvalue weighted by Gasteiger charge is 2.22. The smallest absolute Gasteiger partial charge is 0.276 e. The Morgan fingerprint density at radius 3 is 2.67 bits per heavy atom. The first-order valence-corrected chi connectivity index (χ1v) is 11.2. The summed E-state index contributed by atoms with van der Waals surface area (Å²) in [5, 5.41) is 6.93. The number of amides is 1. The largest absolute Gasteiger partial charge is 0.497 e. The van der Waals surface area contributed by atoms with E-state index < -0.39 is 11.7 Å². The molecule has 1 N–H and O–H groups in total. The minimum absolute atomic E-state index is 0.0122. The summed E-state index contributed by atoms with van der Waals surface area (Å²) in [6.07, 6.45) is 5.44. The average Bonchev–Trinajstić information content (AvgIpc) is 3.33. The molecule has 5 aromatic rings. The van der Waals surface area contributed by atoms with Gasteiger partial charge in [-0.15, -0.1) is 0 Å². The van der Waals surface area contributed by atoms with E-state index in [4.69, 9.17) is 16.3 Å². The minimum atomic E-state index is -0.660. The zero-order chi connectivity index (χ0) is 25.1. The summed E-state index contributed by atoms with van der Waals surface area (Å²) in [6, 6.07) is 16.2. The van der Waals surface area contributed by atoms with Crippen molar-refractivity contribution in [1.29, 1.82) is 0 Å². The molecule has 180 valence electrons. The molecule has 36 heavy (non-hydrogen) atoms. The van der Waals surface area contributed by atoms with Gasteiger partial charge in [0, 0.05) is 25.0 Å². The van der Waals surface area contributed by atoms with E-state index >= 15 is 0 Å². The molecule has 0 spiro atoms. The second-order valence-corrected chi connectivity index (χ2v) is 8.05. The van der Waals surface area contributed by atoms with Crippen LogP contribution in [0.1, 0.15) is 16.1 Å². The third-order valence-electron chi connectivity index (χ3n) is 5.39. The lowest BCUT2D eigenvalue weighted by Crippen LogP contribution is -2.20. The molecule has 11 heteroatoms. The number of pyridine rings is 2. The first-order chi connectivity index (χ1) is 17.5. The zero-order valence-electron chi connectivity index (χ0n) is 19.0. The molecule has 0 radical (unpaired) electrons. The van der Waals surface area contributed by atoms with E-state index in [0.29, 0.717) is 23.7 Å². The summed E-state index contributed by atoms with van der Waals surface area (Å²) in [5.41, 5.74) is 2.00. The monoisotopic (exact) mass is 503 g/mol. The van der Waals surface area contributed by atoms with Crippen LogP contribution in [0, 0.1) is 5.82 Å². The lowest BCUT2D eigenvalue weighted by molar-refractivity contribution is 0.102. The van der Waals surface area contributed by atoms with Gasteiger partial charge in [0.2, 0.25) is 0 Å². The number of aromatic nitrogens is 5. The molecule has 1 amide bonds. The van der Waals surface area contributed by atoms with Gasteiger partial charge in [0.1, 0.15) is 11.6 Å². The molecule has 0 aliphatic carbocycles. The molecule has 4 aromatic heterocycles. The summed E-state index contributed by atoms with van der Waals surface area (Å²) in [5.74, 6) is 0.123. The summed E-state index contributed by atoms with van der Waals surface area (Å²) in [4.78, 5) is 27.5. The Hall–Kier alpha value is -4.57. The predicted octanol–water partition coefficient (Wildman–Crippen LogP) is 4.91. The first kappa shape index (κ1) is 23.2. The van der Waals surface area contributed by atoms with Crippen LogP contribution in [-0.4, -0.2) is 37.6 Å². The summed E-state index contributed by atoms with van der Waals surface area (Å²) in [7, 11) is 1.61. The number of benzene rings is 1. The molecule has 0 aliphatic rings. The molecule has 0 saturated heterocycles. The Morgan fingerprint density at radius 1 is 1.11 bits per heavy atom. The number of ether oxygens (including phenoxy) is 1. The molecular formula is C25H19ClFN7O2. The number of imidazole rings is 1. The molecular weight excluding hydrogens is 485 g/mol. The quantitative estimate of drug-likeness (QED) is 0.337. The summed E-state index contributed by atoms with van der Waals surface area (Å²) < 4.78 is 20.6. The van der Waals surface area contributed by atoms with Gasteiger partial charge in [0.25, 0.3) is 5.91 Å². The highest BCUT2D eigenvalue weighted by molar-refractivity contribution is 6.29. The Balaban J connectivity index is 1.57. The number of halogens is 2. The Kier molecular flexibility index (Phi) is 6.42. The predicted molar refractivity (Wildman–Crippen MR) is 133 cm³/mol. The van der Waals surface area contributed by atoms with Crippen molar-refractivity contribution in [3.63, 3.8) is 0 Å². The minimum Gasteiger partial charge on any atom is -0.497 e. The van der Waals surface area contributed by atoms with Gasteiger partial charge in [-0.25, -0.2) is 18.9 Å². The molecule has 0 fully saturated rings. The van der Waals surface area contributed by atoms with E-state index in [-0.39, 0.29) is 16.5 Å². The fourth-order valence-corrected chi connectivity index (χ4v) is 3.84. The number of carbonyl (C=O) groups excluding carboxylic acids is 1. The summed E-state index contributed by atoms with van der Waals surface area (Å²) >= 11 is 6.39. The first-order valence-electron chi connectivity index (χ1n) is 10.8. The van der Waals surface area contributed by atoms with Crippen molar-refractivity contribution in [2.24, 2.45) is 0 Å². The zero-order valence-corrected chi connectivity index (χ0v) is 19.7. The van der Waals surface area contributed by atoms with Gasteiger partial charge in [-0.1, -0.05) is 29.8 Å². The fraction of sp³-hybridized carbons (Fsp3) is 0.0800. The topological polar surface area (TPSA) is 97.5 Å². The van der Waals surface area contributed by atoms with Crippen LogP contribution in [0.25, 0.3) is 5.65 Å². The molecule has 0 aliphatic heterocycles. The maximum Gasteiger partial charge on any atom is 0.276 e. The number of fused-ring (bicyclic) bond motifs is 1. The van der Waals surface area contributed by atoms with Crippen LogP contribution in [0.4, 0.5) is 21.6 Å². The van der Waals surface area contributed by atoms with Crippen molar-refractivity contribution in [3.05, 3.63) is 102 Å².